The molecule has 10 aromatic carbocycles. The van der Waals surface area contributed by atoms with Gasteiger partial charge in [-0.15, -0.1) is 47.6 Å². The van der Waals surface area contributed by atoms with Gasteiger partial charge in [0.25, 0.3) is 0 Å². The Morgan fingerprint density at radius 1 is 0.481 bits per heavy atom. The van der Waals surface area contributed by atoms with E-state index in [1.165, 1.54) is 38.9 Å². The number of nitrogens with zero attached hydrogens (tertiary/aromatic N) is 4. The third-order valence-electron chi connectivity index (χ3n) is 16.3. The third-order valence-corrected chi connectivity index (χ3v) is 16.3. The van der Waals surface area contributed by atoms with Crippen LogP contribution in [0.15, 0.2) is 243 Å². The van der Waals surface area contributed by atoms with Crippen molar-refractivity contribution < 1.29 is 25.8 Å². The van der Waals surface area contributed by atoms with E-state index in [0.717, 1.165) is 78.2 Å². The number of fused-ring (bicyclic) bond motifs is 7. The van der Waals surface area contributed by atoms with E-state index < -0.39 is 5.41 Å². The SMILES string of the molecule is CC(C)(C)c1ccnc(-n2c3[c-]c(Oc4[c-]c(N5[CH-]N(c6c(-c7ccccc7)cc(C7(c8ccccc8)c8ccccc8-c8ccccc87)cc6-c6ccccc6)c6ccccc65)ccc4)c(C(C)(C)C)cc3c3ccccc32)c1.[Pt]. The number of rotatable bonds is 9. The van der Waals surface area contributed by atoms with Gasteiger partial charge in [0.05, 0.1) is 5.41 Å². The number of hydrogen-bond donors (Lipinski definition) is 0. The first kappa shape index (κ1) is 51.7. The summed E-state index contributed by atoms with van der Waals surface area (Å²) in [7, 11) is 0. The number of benzene rings is 10. The molecule has 6 heteroatoms. The van der Waals surface area contributed by atoms with Crippen molar-refractivity contribution in [2.75, 3.05) is 9.80 Å². The van der Waals surface area contributed by atoms with Crippen LogP contribution in [-0.4, -0.2) is 9.55 Å². The Morgan fingerprint density at radius 3 is 1.68 bits per heavy atom. The van der Waals surface area contributed by atoms with Crippen LogP contribution in [0.4, 0.5) is 22.7 Å². The molecule has 0 amide bonds. The van der Waals surface area contributed by atoms with Crippen molar-refractivity contribution in [1.29, 1.82) is 0 Å². The van der Waals surface area contributed by atoms with Gasteiger partial charge in [-0.2, -0.15) is 12.1 Å². The van der Waals surface area contributed by atoms with Crippen molar-refractivity contribution in [3.8, 4) is 50.7 Å². The van der Waals surface area contributed by atoms with Gasteiger partial charge in [0.1, 0.15) is 5.82 Å². The summed E-state index contributed by atoms with van der Waals surface area (Å²) < 4.78 is 9.35. The summed E-state index contributed by atoms with van der Waals surface area (Å²) in [5.74, 6) is 2.09. The molecule has 0 radical (unpaired) electrons. The monoisotopic (exact) mass is 1230 g/mol. The van der Waals surface area contributed by atoms with E-state index in [1.54, 1.807) is 0 Å². The molecule has 2 aliphatic rings. The largest absolute Gasteiger partial charge is 0.509 e. The van der Waals surface area contributed by atoms with Crippen molar-refractivity contribution in [1.82, 2.24) is 9.55 Å². The molecular formula is C75H59N4OPt-3. The first-order valence-corrected chi connectivity index (χ1v) is 27.7. The fourth-order valence-electron chi connectivity index (χ4n) is 12.5. The van der Waals surface area contributed by atoms with Crippen molar-refractivity contribution >= 4 is 44.6 Å². The van der Waals surface area contributed by atoms with Gasteiger partial charge < -0.3 is 19.1 Å². The molecule has 2 aromatic heterocycles. The predicted molar refractivity (Wildman–Crippen MR) is 330 cm³/mol. The van der Waals surface area contributed by atoms with Crippen LogP contribution in [0, 0.1) is 18.8 Å². The van der Waals surface area contributed by atoms with Gasteiger partial charge in [-0.3, -0.25) is 0 Å². The Hall–Kier alpha value is -8.76. The molecule has 398 valence electrons. The summed E-state index contributed by atoms with van der Waals surface area (Å²) >= 11 is 0. The van der Waals surface area contributed by atoms with Gasteiger partial charge in [-0.05, 0) is 103 Å². The second-order valence-corrected chi connectivity index (χ2v) is 23.2. The number of ether oxygens (including phenoxy) is 1. The van der Waals surface area contributed by atoms with Crippen molar-refractivity contribution in [2.24, 2.45) is 0 Å². The fourth-order valence-corrected chi connectivity index (χ4v) is 12.5. The molecule has 3 heterocycles. The van der Waals surface area contributed by atoms with Crippen LogP contribution in [0.5, 0.6) is 11.5 Å². The van der Waals surface area contributed by atoms with E-state index in [0.29, 0.717) is 11.5 Å². The minimum absolute atomic E-state index is 0. The minimum atomic E-state index is -0.617. The van der Waals surface area contributed by atoms with Gasteiger partial charge in [0.15, 0.2) is 0 Å². The van der Waals surface area contributed by atoms with Crippen LogP contribution in [0.25, 0.3) is 61.0 Å². The number of hydrogen-bond acceptors (Lipinski definition) is 4. The van der Waals surface area contributed by atoms with E-state index in [4.69, 9.17) is 9.72 Å². The molecule has 1 aliphatic carbocycles. The standard InChI is InChI=1S/C75H59N4O.Pt/c1-73(2,3)53-41-42-76-71(45-53)79-66-38-21-18-35-59(66)62-47-65(74(4,5)6)70(48-69(62)79)80-56-32-24-31-55(46-56)77-49-78(68-40-23-22-39-67(68)77)72-60(50-25-10-7-11-26-50)43-54(44-61(72)51-27-12-8-13-28-51)75(52-29-14-9-15-30-52)63-36-19-16-33-57(63)58-34-17-20-37-64(58)75;/h7-45,47,49H,1-6H3;/q-3;. The average molecular weight is 1230 g/mol. The molecule has 0 saturated carbocycles. The van der Waals surface area contributed by atoms with Crippen LogP contribution in [0.2, 0.25) is 0 Å². The Bertz CT molecular complexity index is 4240. The molecule has 0 saturated heterocycles. The van der Waals surface area contributed by atoms with Gasteiger partial charge in [0.2, 0.25) is 0 Å². The molecule has 0 bridgehead atoms. The second kappa shape index (κ2) is 20.1. The van der Waals surface area contributed by atoms with Crippen LogP contribution in [-0.2, 0) is 37.3 Å². The number of pyridine rings is 1. The number of anilines is 4. The summed E-state index contributed by atoms with van der Waals surface area (Å²) in [6.45, 7) is 15.7. The van der Waals surface area contributed by atoms with Gasteiger partial charge in [0, 0.05) is 72.5 Å². The first-order valence-electron chi connectivity index (χ1n) is 27.7. The smallest absolute Gasteiger partial charge is 0.135 e. The van der Waals surface area contributed by atoms with Crippen LogP contribution in [0.3, 0.4) is 0 Å². The molecule has 81 heavy (non-hydrogen) atoms. The average Bonchev–Trinajstić information content (AvgIpc) is 3.55. The molecule has 14 rings (SSSR count). The minimum Gasteiger partial charge on any atom is -0.509 e. The van der Waals surface area contributed by atoms with E-state index in [9.17, 15) is 0 Å². The maximum atomic E-state index is 7.12. The van der Waals surface area contributed by atoms with E-state index >= 15 is 0 Å². The van der Waals surface area contributed by atoms with Crippen molar-refractivity contribution in [2.45, 2.75) is 57.8 Å². The Balaban J connectivity index is 0.00000618. The predicted octanol–water partition coefficient (Wildman–Crippen LogP) is 19.3. The summed E-state index contributed by atoms with van der Waals surface area (Å²) in [6.07, 6.45) is 1.92. The third kappa shape index (κ3) is 8.60. The van der Waals surface area contributed by atoms with Crippen molar-refractivity contribution in [3.05, 3.63) is 295 Å². The molecule has 1 aliphatic heterocycles. The molecular weight excluding hydrogens is 1170 g/mol. The van der Waals surface area contributed by atoms with Crippen LogP contribution < -0.4 is 14.5 Å². The van der Waals surface area contributed by atoms with Crippen LogP contribution >= 0.6 is 0 Å². The first-order chi connectivity index (χ1) is 38.9. The summed E-state index contributed by atoms with van der Waals surface area (Å²) in [4.78, 5) is 9.60. The Kier molecular flexibility index (Phi) is 12.8. The molecule has 12 aromatic rings. The fraction of sp³-hybridized carbons (Fsp3) is 0.120. The maximum Gasteiger partial charge on any atom is 0.135 e. The number of aromatic nitrogens is 2. The van der Waals surface area contributed by atoms with E-state index in [1.807, 2.05) is 12.3 Å². The number of para-hydroxylation sites is 3. The van der Waals surface area contributed by atoms with Crippen molar-refractivity contribution in [3.63, 3.8) is 0 Å². The molecule has 0 spiro atoms. The molecule has 0 unspecified atom stereocenters. The zero-order valence-electron chi connectivity index (χ0n) is 46.2. The van der Waals surface area contributed by atoms with E-state index in [-0.39, 0.29) is 31.9 Å². The zero-order valence-corrected chi connectivity index (χ0v) is 48.5. The Labute approximate surface area is 490 Å². The topological polar surface area (TPSA) is 33.5 Å². The van der Waals surface area contributed by atoms with Gasteiger partial charge in [-0.25, -0.2) is 4.98 Å². The molecule has 0 fully saturated rings. The van der Waals surface area contributed by atoms with Crippen LogP contribution in [0.1, 0.15) is 74.9 Å². The normalized spacial score (nSPS) is 13.5. The van der Waals surface area contributed by atoms with Gasteiger partial charge in [-0.1, -0.05) is 222 Å². The summed E-state index contributed by atoms with van der Waals surface area (Å²) in [5, 5.41) is 2.25. The molecule has 5 nitrogen and oxygen atoms in total. The summed E-state index contributed by atoms with van der Waals surface area (Å²) in [5.41, 5.74) is 19.3. The van der Waals surface area contributed by atoms with Gasteiger partial charge >= 0.3 is 0 Å². The second-order valence-electron chi connectivity index (χ2n) is 23.2. The maximum absolute atomic E-state index is 7.12. The quantitative estimate of drug-likeness (QED) is 0.135. The Morgan fingerprint density at radius 2 is 1.05 bits per heavy atom. The molecule has 0 N–H and O–H groups in total. The zero-order chi connectivity index (χ0) is 54.3. The van der Waals surface area contributed by atoms with E-state index in [2.05, 4.69) is 305 Å². The summed E-state index contributed by atoms with van der Waals surface area (Å²) in [6, 6.07) is 93.5. The molecule has 0 atom stereocenters.